The van der Waals surface area contributed by atoms with E-state index in [4.69, 9.17) is 10.2 Å². The molecule has 0 atom stereocenters. The Labute approximate surface area is 55.8 Å². The Kier molecular flexibility index (Phi) is 7.37. The predicted molar refractivity (Wildman–Crippen MR) is 37.2 cm³/mol. The monoisotopic (exact) mass is 130 g/mol. The lowest BCUT2D eigenvalue weighted by Crippen LogP contribution is -1.85. The Morgan fingerprint density at radius 1 is 1.00 bits per heavy atom. The van der Waals surface area contributed by atoms with E-state index >= 15 is 0 Å². The lowest BCUT2D eigenvalue weighted by Gasteiger charge is -1.70. The van der Waals surface area contributed by atoms with Crippen LogP contribution in [0.3, 0.4) is 0 Å². The van der Waals surface area contributed by atoms with Gasteiger partial charge in [0.15, 0.2) is 0 Å². The molecule has 0 saturated carbocycles. The molecule has 1 rings (SSSR count). The molecule has 0 bridgehead atoms. The molecular weight excluding hydrogens is 116 g/mol. The van der Waals surface area contributed by atoms with Crippen molar-refractivity contribution in [2.24, 2.45) is 0 Å². The van der Waals surface area contributed by atoms with Crippen molar-refractivity contribution < 1.29 is 10.2 Å². The Hall–Kier alpha value is -0.340. The second-order valence-corrected chi connectivity index (χ2v) is 1.85. The molecule has 0 fully saturated rings. The van der Waals surface area contributed by atoms with Crippen molar-refractivity contribution in [1.82, 2.24) is 0 Å². The van der Waals surface area contributed by atoms with Gasteiger partial charge in [0.2, 0.25) is 0 Å². The summed E-state index contributed by atoms with van der Waals surface area (Å²) in [4.78, 5) is 0. The molecule has 0 heterocycles. The first-order valence-electron chi connectivity index (χ1n) is 3.28. The van der Waals surface area contributed by atoms with Gasteiger partial charge in [-0.05, 0) is 19.3 Å². The molecule has 1 aliphatic rings. The van der Waals surface area contributed by atoms with E-state index in [1.165, 1.54) is 19.3 Å². The molecule has 0 spiro atoms. The third-order valence-electron chi connectivity index (χ3n) is 1.01. The van der Waals surface area contributed by atoms with Crippen LogP contribution < -0.4 is 0 Å². The van der Waals surface area contributed by atoms with Gasteiger partial charge < -0.3 is 10.2 Å². The van der Waals surface area contributed by atoms with Gasteiger partial charge in [-0.25, -0.2) is 0 Å². The van der Waals surface area contributed by atoms with Gasteiger partial charge in [-0.2, -0.15) is 0 Å². The van der Waals surface area contributed by atoms with E-state index in [-0.39, 0.29) is 13.2 Å². The molecule has 9 heavy (non-hydrogen) atoms. The molecule has 54 valence electrons. The zero-order valence-corrected chi connectivity index (χ0v) is 5.58. The summed E-state index contributed by atoms with van der Waals surface area (Å²) in [6.07, 6.45) is 8.50. The first kappa shape index (κ1) is 8.66. The van der Waals surface area contributed by atoms with Crippen LogP contribution in [0.2, 0.25) is 0 Å². The minimum Gasteiger partial charge on any atom is -0.394 e. The lowest BCUT2D eigenvalue weighted by molar-refractivity contribution is 0.186. The maximum atomic E-state index is 7.62. The van der Waals surface area contributed by atoms with Gasteiger partial charge in [0, 0.05) is 0 Å². The fourth-order valence-corrected chi connectivity index (χ4v) is 0.589. The van der Waals surface area contributed by atoms with Crippen LogP contribution in [0.25, 0.3) is 0 Å². The quantitative estimate of drug-likeness (QED) is 0.513. The van der Waals surface area contributed by atoms with Gasteiger partial charge in [0.1, 0.15) is 0 Å². The van der Waals surface area contributed by atoms with Gasteiger partial charge in [-0.3, -0.25) is 0 Å². The summed E-state index contributed by atoms with van der Waals surface area (Å²) in [6, 6.07) is 0. The molecule has 0 unspecified atom stereocenters. The third-order valence-corrected chi connectivity index (χ3v) is 1.01. The molecule has 2 heteroatoms. The summed E-state index contributed by atoms with van der Waals surface area (Å²) in [5.41, 5.74) is 0. The van der Waals surface area contributed by atoms with E-state index in [0.717, 1.165) is 0 Å². The van der Waals surface area contributed by atoms with E-state index in [1.807, 2.05) is 0 Å². The molecular formula is C7H14O2. The van der Waals surface area contributed by atoms with Crippen LogP contribution in [0.15, 0.2) is 12.2 Å². The van der Waals surface area contributed by atoms with Crippen molar-refractivity contribution in [3.8, 4) is 0 Å². The number of aliphatic hydroxyl groups is 2. The van der Waals surface area contributed by atoms with Crippen LogP contribution in [0.1, 0.15) is 19.3 Å². The fourth-order valence-electron chi connectivity index (χ4n) is 0.589. The molecule has 0 aromatic rings. The molecule has 1 aliphatic carbocycles. The second-order valence-electron chi connectivity index (χ2n) is 1.85. The Morgan fingerprint density at radius 3 is 1.56 bits per heavy atom. The van der Waals surface area contributed by atoms with E-state index in [0.29, 0.717) is 0 Å². The van der Waals surface area contributed by atoms with Crippen molar-refractivity contribution in [2.75, 3.05) is 13.2 Å². The largest absolute Gasteiger partial charge is 0.394 e. The molecule has 2 nitrogen and oxygen atoms in total. The third kappa shape index (κ3) is 7.66. The molecule has 0 amide bonds. The summed E-state index contributed by atoms with van der Waals surface area (Å²) < 4.78 is 0. The highest BCUT2D eigenvalue weighted by atomic mass is 16.3. The summed E-state index contributed by atoms with van der Waals surface area (Å²) in [6.45, 7) is -0.250. The van der Waals surface area contributed by atoms with E-state index in [2.05, 4.69) is 12.2 Å². The summed E-state index contributed by atoms with van der Waals surface area (Å²) >= 11 is 0. The molecule has 0 aliphatic heterocycles. The van der Waals surface area contributed by atoms with Gasteiger partial charge >= 0.3 is 0 Å². The standard InChI is InChI=1S/C5H8.C2H6O2/c1-2-4-5-3-1;3-1-2-4/h1-2H,3-5H2;3-4H,1-2H2. The van der Waals surface area contributed by atoms with Gasteiger partial charge in [-0.1, -0.05) is 12.2 Å². The van der Waals surface area contributed by atoms with Crippen molar-refractivity contribution >= 4 is 0 Å². The Bertz CT molecular complexity index is 61.3. The van der Waals surface area contributed by atoms with Gasteiger partial charge in [0.05, 0.1) is 13.2 Å². The summed E-state index contributed by atoms with van der Waals surface area (Å²) in [5.74, 6) is 0. The predicted octanol–water partition coefficient (Wildman–Crippen LogP) is 0.698. The molecule has 0 aromatic carbocycles. The normalized spacial score (nSPS) is 14.9. The fraction of sp³-hybridized carbons (Fsp3) is 0.714. The molecule has 0 radical (unpaired) electrons. The van der Waals surface area contributed by atoms with Crippen molar-refractivity contribution in [3.05, 3.63) is 12.2 Å². The van der Waals surface area contributed by atoms with Gasteiger partial charge in [-0.15, -0.1) is 0 Å². The average molecular weight is 130 g/mol. The molecule has 0 aromatic heterocycles. The first-order valence-corrected chi connectivity index (χ1v) is 3.28. The highest BCUT2D eigenvalue weighted by Crippen LogP contribution is 2.05. The number of allylic oxidation sites excluding steroid dienone is 2. The number of hydrogen-bond acceptors (Lipinski definition) is 2. The smallest absolute Gasteiger partial charge is 0.0662 e. The topological polar surface area (TPSA) is 40.5 Å². The summed E-state index contributed by atoms with van der Waals surface area (Å²) in [5, 5.41) is 15.2. The van der Waals surface area contributed by atoms with Crippen molar-refractivity contribution in [3.63, 3.8) is 0 Å². The van der Waals surface area contributed by atoms with Crippen molar-refractivity contribution in [1.29, 1.82) is 0 Å². The van der Waals surface area contributed by atoms with Crippen LogP contribution >= 0.6 is 0 Å². The maximum Gasteiger partial charge on any atom is 0.0662 e. The van der Waals surface area contributed by atoms with Crippen LogP contribution in [0.5, 0.6) is 0 Å². The summed E-state index contributed by atoms with van der Waals surface area (Å²) in [7, 11) is 0. The first-order chi connectivity index (χ1) is 4.41. The minimum atomic E-state index is -0.125. The van der Waals surface area contributed by atoms with Crippen LogP contribution in [0.4, 0.5) is 0 Å². The highest BCUT2D eigenvalue weighted by molar-refractivity contribution is 4.88. The maximum absolute atomic E-state index is 7.62. The van der Waals surface area contributed by atoms with E-state index in [1.54, 1.807) is 0 Å². The highest BCUT2D eigenvalue weighted by Gasteiger charge is 1.84. The second kappa shape index (κ2) is 7.66. The molecule has 0 saturated heterocycles. The zero-order valence-electron chi connectivity index (χ0n) is 5.58. The average Bonchev–Trinajstić information content (AvgIpc) is 2.43. The van der Waals surface area contributed by atoms with Crippen molar-refractivity contribution in [2.45, 2.75) is 19.3 Å². The SMILES string of the molecule is C1=CCCC1.OCCO. The Balaban J connectivity index is 0.000000148. The Morgan fingerprint density at radius 2 is 1.44 bits per heavy atom. The van der Waals surface area contributed by atoms with Crippen LogP contribution in [-0.2, 0) is 0 Å². The zero-order chi connectivity index (χ0) is 6.95. The van der Waals surface area contributed by atoms with E-state index < -0.39 is 0 Å². The number of rotatable bonds is 1. The van der Waals surface area contributed by atoms with Crippen LogP contribution in [0, 0.1) is 0 Å². The molecule has 2 N–H and O–H groups in total. The van der Waals surface area contributed by atoms with Crippen LogP contribution in [-0.4, -0.2) is 23.4 Å². The van der Waals surface area contributed by atoms with Gasteiger partial charge in [0.25, 0.3) is 0 Å². The number of hydrogen-bond donors (Lipinski definition) is 2. The van der Waals surface area contributed by atoms with E-state index in [9.17, 15) is 0 Å². The lowest BCUT2D eigenvalue weighted by atomic mass is 10.4. The number of aliphatic hydroxyl groups excluding tert-OH is 2. The minimum absolute atomic E-state index is 0.125.